The summed E-state index contributed by atoms with van der Waals surface area (Å²) in [7, 11) is -3.80. The summed E-state index contributed by atoms with van der Waals surface area (Å²) in [6, 6.07) is 5.94. The highest BCUT2D eigenvalue weighted by molar-refractivity contribution is 7.89. The normalized spacial score (nSPS) is 12.6. The molecule has 0 saturated heterocycles. The van der Waals surface area contributed by atoms with Crippen LogP contribution in [0.2, 0.25) is 0 Å². The smallest absolute Gasteiger partial charge is 0.236 e. The predicted molar refractivity (Wildman–Crippen MR) is 58.4 cm³/mol. The SMILES string of the molecule is NS(=O)(=O)c1[c]ccc2c3cnc(nc3)c12. The first-order chi connectivity index (χ1) is 7.57. The Bertz CT molecular complexity index is 762. The second-order valence-electron chi connectivity index (χ2n) is 3.44. The molecule has 16 heavy (non-hydrogen) atoms. The molecule has 0 spiro atoms. The van der Waals surface area contributed by atoms with Gasteiger partial charge in [-0.2, -0.15) is 0 Å². The van der Waals surface area contributed by atoms with Crippen LogP contribution in [0, 0.1) is 6.07 Å². The van der Waals surface area contributed by atoms with Gasteiger partial charge in [0.15, 0.2) is 5.65 Å². The lowest BCUT2D eigenvalue weighted by Gasteiger charge is -2.07. The van der Waals surface area contributed by atoms with Crippen molar-refractivity contribution in [3.05, 3.63) is 30.6 Å². The second-order valence-corrected chi connectivity index (χ2v) is 4.93. The molecule has 1 aromatic carbocycles. The van der Waals surface area contributed by atoms with E-state index >= 15 is 0 Å². The Labute approximate surface area is 91.3 Å². The Morgan fingerprint density at radius 1 is 1.25 bits per heavy atom. The van der Waals surface area contributed by atoms with E-state index in [4.69, 9.17) is 5.14 Å². The number of rotatable bonds is 1. The van der Waals surface area contributed by atoms with E-state index in [1.54, 1.807) is 18.5 Å². The number of nitrogens with zero attached hydrogens (tertiary/aromatic N) is 2. The number of primary sulfonamides is 1. The molecule has 3 heterocycles. The zero-order chi connectivity index (χ0) is 11.3. The molecule has 5 nitrogen and oxygen atoms in total. The lowest BCUT2D eigenvalue weighted by atomic mass is 10.1. The van der Waals surface area contributed by atoms with Crippen molar-refractivity contribution in [2.45, 2.75) is 4.90 Å². The number of nitrogens with two attached hydrogens (primary N) is 1. The molecule has 6 heteroatoms. The highest BCUT2D eigenvalue weighted by Gasteiger charge is 2.17. The highest BCUT2D eigenvalue weighted by atomic mass is 32.2. The maximum absolute atomic E-state index is 11.4. The van der Waals surface area contributed by atoms with Crippen molar-refractivity contribution in [2.75, 3.05) is 0 Å². The van der Waals surface area contributed by atoms with Crippen molar-refractivity contribution >= 4 is 31.8 Å². The van der Waals surface area contributed by atoms with Gasteiger partial charge in [-0.25, -0.2) is 23.5 Å². The average Bonchev–Trinajstić information content (AvgIpc) is 2.29. The van der Waals surface area contributed by atoms with Gasteiger partial charge < -0.3 is 0 Å². The summed E-state index contributed by atoms with van der Waals surface area (Å²) >= 11 is 0. The van der Waals surface area contributed by atoms with Crippen molar-refractivity contribution in [1.29, 1.82) is 0 Å². The molecule has 2 bridgehead atoms. The minimum absolute atomic E-state index is 0.0498. The number of sulfonamides is 1. The lowest BCUT2D eigenvalue weighted by Crippen LogP contribution is -2.13. The van der Waals surface area contributed by atoms with E-state index in [1.165, 1.54) is 6.07 Å². The number of benzene rings is 1. The first kappa shape index (κ1) is 9.44. The molecule has 0 fully saturated rings. The van der Waals surface area contributed by atoms with Crippen molar-refractivity contribution < 1.29 is 8.42 Å². The summed E-state index contributed by atoms with van der Waals surface area (Å²) < 4.78 is 22.8. The molecular weight excluding hydrogens is 226 g/mol. The number of hydrogen-bond donors (Lipinski definition) is 1. The van der Waals surface area contributed by atoms with Crippen molar-refractivity contribution in [1.82, 2.24) is 9.97 Å². The maximum Gasteiger partial charge on any atom is 0.239 e. The van der Waals surface area contributed by atoms with Gasteiger partial charge in [0.05, 0.1) is 0 Å². The van der Waals surface area contributed by atoms with E-state index in [2.05, 4.69) is 16.0 Å². The summed E-state index contributed by atoms with van der Waals surface area (Å²) in [4.78, 5) is 8.01. The largest absolute Gasteiger partial charge is 0.239 e. The van der Waals surface area contributed by atoms with E-state index < -0.39 is 10.0 Å². The van der Waals surface area contributed by atoms with Crippen LogP contribution < -0.4 is 5.14 Å². The van der Waals surface area contributed by atoms with Gasteiger partial charge in [0.1, 0.15) is 4.90 Å². The monoisotopic (exact) mass is 232 g/mol. The van der Waals surface area contributed by atoms with Gasteiger partial charge in [-0.3, -0.25) is 0 Å². The summed E-state index contributed by atoms with van der Waals surface area (Å²) in [6.07, 6.45) is 3.30. The minimum Gasteiger partial charge on any atom is -0.236 e. The van der Waals surface area contributed by atoms with Gasteiger partial charge in [-0.1, -0.05) is 12.1 Å². The summed E-state index contributed by atoms with van der Waals surface area (Å²) in [5.41, 5.74) is 0.367. The molecule has 2 N–H and O–H groups in total. The van der Waals surface area contributed by atoms with Gasteiger partial charge in [0.25, 0.3) is 0 Å². The van der Waals surface area contributed by atoms with Gasteiger partial charge >= 0.3 is 0 Å². The van der Waals surface area contributed by atoms with Crippen LogP contribution in [0.15, 0.2) is 29.4 Å². The Morgan fingerprint density at radius 3 is 2.56 bits per heavy atom. The van der Waals surface area contributed by atoms with Crippen molar-refractivity contribution in [3.8, 4) is 0 Å². The Kier molecular flexibility index (Phi) is 1.69. The second kappa shape index (κ2) is 2.87. The highest BCUT2D eigenvalue weighted by Crippen LogP contribution is 2.28. The van der Waals surface area contributed by atoms with Gasteiger partial charge in [0, 0.05) is 29.2 Å². The third-order valence-electron chi connectivity index (χ3n) is 2.43. The molecule has 0 atom stereocenters. The van der Waals surface area contributed by atoms with E-state index in [-0.39, 0.29) is 4.90 Å². The van der Waals surface area contributed by atoms with Crippen LogP contribution in [0.5, 0.6) is 0 Å². The van der Waals surface area contributed by atoms with E-state index in [0.29, 0.717) is 11.0 Å². The molecule has 4 rings (SSSR count). The molecule has 1 radical (unpaired) electrons. The summed E-state index contributed by atoms with van der Waals surface area (Å²) in [5.74, 6) is 0. The first-order valence-electron chi connectivity index (χ1n) is 4.47. The Hall–Kier alpha value is -1.79. The fourth-order valence-electron chi connectivity index (χ4n) is 1.76. The number of hydrogen-bond acceptors (Lipinski definition) is 4. The van der Waals surface area contributed by atoms with Gasteiger partial charge in [-0.15, -0.1) is 0 Å². The zero-order valence-electron chi connectivity index (χ0n) is 8.01. The number of fused-ring (bicyclic) bond motifs is 2. The van der Waals surface area contributed by atoms with Crippen LogP contribution >= 0.6 is 0 Å². The minimum atomic E-state index is -3.80. The molecule has 0 unspecified atom stereocenters. The average molecular weight is 232 g/mol. The summed E-state index contributed by atoms with van der Waals surface area (Å²) in [6.45, 7) is 0. The van der Waals surface area contributed by atoms with E-state index in [0.717, 1.165) is 10.8 Å². The molecular formula is C10H6N3O2S. The fourth-order valence-corrected chi connectivity index (χ4v) is 2.48. The van der Waals surface area contributed by atoms with E-state index in [9.17, 15) is 8.42 Å². The zero-order valence-corrected chi connectivity index (χ0v) is 8.82. The van der Waals surface area contributed by atoms with Gasteiger partial charge in [0.2, 0.25) is 10.0 Å². The lowest BCUT2D eigenvalue weighted by molar-refractivity contribution is 0.598. The van der Waals surface area contributed by atoms with Crippen LogP contribution in [0.4, 0.5) is 0 Å². The molecule has 0 aliphatic rings. The summed E-state index contributed by atoms with van der Waals surface area (Å²) in [5, 5.41) is 7.14. The van der Waals surface area contributed by atoms with Crippen LogP contribution in [0.1, 0.15) is 0 Å². The maximum atomic E-state index is 11.4. The topological polar surface area (TPSA) is 85.9 Å². The molecule has 3 aromatic heterocycles. The molecule has 0 aliphatic carbocycles. The first-order valence-corrected chi connectivity index (χ1v) is 6.02. The van der Waals surface area contributed by atoms with Crippen LogP contribution in [-0.4, -0.2) is 18.4 Å². The Balaban J connectivity index is 2.64. The predicted octanol–water partition coefficient (Wildman–Crippen LogP) is 0.668. The standard InChI is InChI=1S/C10H6N3O2S/c11-16(14,15)8-3-1-2-7-6-4-12-10(9(7)8)13-5-6/h1-2,4-5H,(H2,11,14,15). The number of pyridine rings is 2. The molecule has 0 amide bonds. The van der Waals surface area contributed by atoms with Crippen LogP contribution in [-0.2, 0) is 10.0 Å². The third kappa shape index (κ3) is 1.17. The Morgan fingerprint density at radius 2 is 1.94 bits per heavy atom. The van der Waals surface area contributed by atoms with Crippen molar-refractivity contribution in [3.63, 3.8) is 0 Å². The van der Waals surface area contributed by atoms with Crippen LogP contribution in [0.3, 0.4) is 0 Å². The molecule has 0 aliphatic heterocycles. The molecule has 0 saturated carbocycles. The van der Waals surface area contributed by atoms with E-state index in [1.807, 2.05) is 0 Å². The van der Waals surface area contributed by atoms with Crippen molar-refractivity contribution in [2.24, 2.45) is 5.14 Å². The van der Waals surface area contributed by atoms with Gasteiger partial charge in [-0.05, 0) is 5.39 Å². The quantitative estimate of drug-likeness (QED) is 0.668. The molecule has 4 aromatic rings. The van der Waals surface area contributed by atoms with Crippen LogP contribution in [0.25, 0.3) is 21.8 Å². The number of aromatic nitrogens is 2. The fraction of sp³-hybridized carbons (Fsp3) is 0. The third-order valence-corrected chi connectivity index (χ3v) is 3.32. The molecule has 79 valence electrons.